The van der Waals surface area contributed by atoms with Gasteiger partial charge >= 0.3 is 0 Å². The van der Waals surface area contributed by atoms with Crippen LogP contribution in [0.2, 0.25) is 0 Å². The SMILES string of the molecule is NNc1c2c(nc3c(Br)ccc(F)c13)CCC2. The van der Waals surface area contributed by atoms with E-state index in [1.54, 1.807) is 6.07 Å². The zero-order valence-electron chi connectivity index (χ0n) is 9.06. The summed E-state index contributed by atoms with van der Waals surface area (Å²) in [5, 5.41) is 0.475. The molecule has 0 unspecified atom stereocenters. The minimum atomic E-state index is -0.293. The normalized spacial score (nSPS) is 14.1. The van der Waals surface area contributed by atoms with Gasteiger partial charge in [0.05, 0.1) is 16.6 Å². The molecule has 1 aromatic heterocycles. The number of benzene rings is 1. The number of nitrogen functional groups attached to an aromatic ring is 1. The maximum Gasteiger partial charge on any atom is 0.134 e. The van der Waals surface area contributed by atoms with Gasteiger partial charge in [0, 0.05) is 10.2 Å². The third-order valence-corrected chi connectivity index (χ3v) is 3.85. The Morgan fingerprint density at radius 1 is 1.35 bits per heavy atom. The fourth-order valence-corrected chi connectivity index (χ4v) is 2.87. The number of nitrogens with two attached hydrogens (primary N) is 1. The molecule has 0 bridgehead atoms. The molecule has 0 saturated heterocycles. The molecule has 0 aliphatic heterocycles. The first-order valence-electron chi connectivity index (χ1n) is 5.48. The van der Waals surface area contributed by atoms with Crippen LogP contribution in [0.5, 0.6) is 0 Å². The van der Waals surface area contributed by atoms with Crippen molar-refractivity contribution in [3.8, 4) is 0 Å². The molecule has 3 rings (SSSR count). The number of halogens is 2. The molecule has 88 valence electrons. The molecular formula is C12H11BrFN3. The molecule has 0 atom stereocenters. The van der Waals surface area contributed by atoms with Crippen LogP contribution in [0.15, 0.2) is 16.6 Å². The maximum atomic E-state index is 13.9. The standard InChI is InChI=1S/C12H11BrFN3/c13-7-4-5-8(14)10-11(17-15)6-2-1-3-9(6)16-12(7)10/h4-5H,1-3,15H2,(H,16,17). The number of nitrogens with zero attached hydrogens (tertiary/aromatic N) is 1. The number of hydrazine groups is 1. The average molecular weight is 296 g/mol. The molecule has 0 radical (unpaired) electrons. The van der Waals surface area contributed by atoms with Crippen LogP contribution < -0.4 is 11.3 Å². The minimum Gasteiger partial charge on any atom is -0.323 e. The zero-order chi connectivity index (χ0) is 12.0. The second-order valence-electron chi connectivity index (χ2n) is 4.16. The summed E-state index contributed by atoms with van der Waals surface area (Å²) in [5.74, 6) is 5.25. The van der Waals surface area contributed by atoms with Gasteiger partial charge < -0.3 is 5.43 Å². The molecular weight excluding hydrogens is 285 g/mol. The first-order chi connectivity index (χ1) is 8.22. The van der Waals surface area contributed by atoms with Gasteiger partial charge in [0.25, 0.3) is 0 Å². The van der Waals surface area contributed by atoms with Gasteiger partial charge in [-0.15, -0.1) is 0 Å². The fourth-order valence-electron chi connectivity index (χ4n) is 2.45. The maximum absolute atomic E-state index is 13.9. The van der Waals surface area contributed by atoms with Gasteiger partial charge in [-0.25, -0.2) is 4.39 Å². The highest BCUT2D eigenvalue weighted by Gasteiger charge is 2.21. The topological polar surface area (TPSA) is 50.9 Å². The molecule has 5 heteroatoms. The molecule has 1 aliphatic carbocycles. The lowest BCUT2D eigenvalue weighted by molar-refractivity contribution is 0.639. The lowest BCUT2D eigenvalue weighted by Crippen LogP contribution is -2.11. The number of hydrogen-bond acceptors (Lipinski definition) is 3. The van der Waals surface area contributed by atoms with Gasteiger partial charge in [0.15, 0.2) is 0 Å². The van der Waals surface area contributed by atoms with E-state index in [9.17, 15) is 4.39 Å². The van der Waals surface area contributed by atoms with Crippen LogP contribution in [-0.4, -0.2) is 4.98 Å². The van der Waals surface area contributed by atoms with E-state index in [4.69, 9.17) is 5.84 Å². The van der Waals surface area contributed by atoms with E-state index in [1.807, 2.05) is 0 Å². The lowest BCUT2D eigenvalue weighted by Gasteiger charge is -2.13. The summed E-state index contributed by atoms with van der Waals surface area (Å²) in [5.41, 5.74) is 6.03. The van der Waals surface area contributed by atoms with Crippen LogP contribution in [0.3, 0.4) is 0 Å². The fraction of sp³-hybridized carbons (Fsp3) is 0.250. The van der Waals surface area contributed by atoms with Crippen molar-refractivity contribution >= 4 is 32.5 Å². The molecule has 0 amide bonds. The largest absolute Gasteiger partial charge is 0.323 e. The Labute approximate surface area is 106 Å². The molecule has 1 aromatic carbocycles. The number of hydrogen-bond donors (Lipinski definition) is 2. The highest BCUT2D eigenvalue weighted by atomic mass is 79.9. The Balaban J connectivity index is 2.49. The minimum absolute atomic E-state index is 0.293. The Hall–Kier alpha value is -1.20. The first-order valence-corrected chi connectivity index (χ1v) is 6.27. The third-order valence-electron chi connectivity index (χ3n) is 3.21. The molecule has 0 spiro atoms. The van der Waals surface area contributed by atoms with Crippen molar-refractivity contribution < 1.29 is 4.39 Å². The lowest BCUT2D eigenvalue weighted by atomic mass is 10.1. The van der Waals surface area contributed by atoms with Crippen molar-refractivity contribution in [1.29, 1.82) is 0 Å². The van der Waals surface area contributed by atoms with Gasteiger partial charge in [-0.05, 0) is 52.9 Å². The number of aryl methyl sites for hydroxylation is 1. The van der Waals surface area contributed by atoms with Crippen LogP contribution in [0.25, 0.3) is 10.9 Å². The van der Waals surface area contributed by atoms with E-state index >= 15 is 0 Å². The molecule has 1 heterocycles. The Bertz CT molecular complexity index is 612. The van der Waals surface area contributed by atoms with Crippen LogP contribution >= 0.6 is 15.9 Å². The summed E-state index contributed by atoms with van der Waals surface area (Å²) in [7, 11) is 0. The van der Waals surface area contributed by atoms with Crippen molar-refractivity contribution in [3.05, 3.63) is 33.7 Å². The van der Waals surface area contributed by atoms with Crippen LogP contribution in [0.1, 0.15) is 17.7 Å². The summed E-state index contributed by atoms with van der Waals surface area (Å²) >= 11 is 3.40. The van der Waals surface area contributed by atoms with Crippen molar-refractivity contribution in [2.75, 3.05) is 5.43 Å². The number of aromatic nitrogens is 1. The highest BCUT2D eigenvalue weighted by molar-refractivity contribution is 9.10. The van der Waals surface area contributed by atoms with Gasteiger partial charge in [-0.1, -0.05) is 0 Å². The number of pyridine rings is 1. The number of fused-ring (bicyclic) bond motifs is 2. The van der Waals surface area contributed by atoms with Crippen molar-refractivity contribution in [3.63, 3.8) is 0 Å². The number of nitrogens with one attached hydrogen (secondary N) is 1. The second kappa shape index (κ2) is 3.92. The summed E-state index contributed by atoms with van der Waals surface area (Å²) in [6.45, 7) is 0. The van der Waals surface area contributed by atoms with Crippen molar-refractivity contribution in [2.45, 2.75) is 19.3 Å². The second-order valence-corrected chi connectivity index (χ2v) is 5.02. The summed E-state index contributed by atoms with van der Waals surface area (Å²) in [6.07, 6.45) is 2.89. The molecule has 0 saturated carbocycles. The smallest absolute Gasteiger partial charge is 0.134 e. The monoisotopic (exact) mass is 295 g/mol. The quantitative estimate of drug-likeness (QED) is 0.628. The van der Waals surface area contributed by atoms with Crippen LogP contribution in [-0.2, 0) is 12.8 Å². The molecule has 0 fully saturated rings. The third kappa shape index (κ3) is 1.53. The van der Waals surface area contributed by atoms with E-state index in [0.29, 0.717) is 16.6 Å². The van der Waals surface area contributed by atoms with Crippen molar-refractivity contribution in [2.24, 2.45) is 5.84 Å². The number of rotatable bonds is 1. The zero-order valence-corrected chi connectivity index (χ0v) is 10.6. The van der Waals surface area contributed by atoms with Gasteiger partial charge in [-0.2, -0.15) is 0 Å². The van der Waals surface area contributed by atoms with Gasteiger partial charge in [0.1, 0.15) is 5.82 Å². The predicted octanol–water partition coefficient (Wildman–Crippen LogP) is 2.91. The van der Waals surface area contributed by atoms with Crippen LogP contribution in [0.4, 0.5) is 10.1 Å². The van der Waals surface area contributed by atoms with E-state index in [0.717, 1.165) is 35.0 Å². The summed E-state index contributed by atoms with van der Waals surface area (Å²) in [4.78, 5) is 4.54. The van der Waals surface area contributed by atoms with Gasteiger partial charge in [0.2, 0.25) is 0 Å². The summed E-state index contributed by atoms with van der Waals surface area (Å²) < 4.78 is 14.7. The Kier molecular flexibility index (Phi) is 2.52. The summed E-state index contributed by atoms with van der Waals surface area (Å²) in [6, 6.07) is 3.10. The molecule has 17 heavy (non-hydrogen) atoms. The van der Waals surface area contributed by atoms with E-state index in [-0.39, 0.29) is 5.82 Å². The molecule has 2 aromatic rings. The predicted molar refractivity (Wildman–Crippen MR) is 69.2 cm³/mol. The number of anilines is 1. The Morgan fingerprint density at radius 2 is 2.18 bits per heavy atom. The highest BCUT2D eigenvalue weighted by Crippen LogP contribution is 2.37. The van der Waals surface area contributed by atoms with E-state index < -0.39 is 0 Å². The average Bonchev–Trinajstić information content (AvgIpc) is 2.79. The van der Waals surface area contributed by atoms with Crippen LogP contribution in [0, 0.1) is 5.82 Å². The molecule has 3 N–H and O–H groups in total. The molecule has 3 nitrogen and oxygen atoms in total. The van der Waals surface area contributed by atoms with E-state index in [1.165, 1.54) is 6.07 Å². The van der Waals surface area contributed by atoms with Crippen molar-refractivity contribution in [1.82, 2.24) is 4.98 Å². The van der Waals surface area contributed by atoms with Gasteiger partial charge in [-0.3, -0.25) is 10.8 Å². The van der Waals surface area contributed by atoms with E-state index in [2.05, 4.69) is 26.3 Å². The first kappa shape index (κ1) is 10.9. The molecule has 1 aliphatic rings. The Morgan fingerprint density at radius 3 is 2.94 bits per heavy atom.